The van der Waals surface area contributed by atoms with E-state index in [1.807, 2.05) is 44.2 Å². The van der Waals surface area contributed by atoms with E-state index in [4.69, 9.17) is 0 Å². The highest BCUT2D eigenvalue weighted by atomic mass is 32.1. The highest BCUT2D eigenvalue weighted by molar-refractivity contribution is 7.78. The van der Waals surface area contributed by atoms with Crippen LogP contribution in [-0.4, -0.2) is 41.2 Å². The highest BCUT2D eigenvalue weighted by Crippen LogP contribution is 2.16. The van der Waals surface area contributed by atoms with E-state index in [9.17, 15) is 14.4 Å². The number of nitrogens with one attached hydrogen (secondary N) is 2. The molecule has 0 heterocycles. The van der Waals surface area contributed by atoms with Gasteiger partial charge in [0.2, 0.25) is 17.7 Å². The molecule has 1 unspecified atom stereocenters. The van der Waals surface area contributed by atoms with Gasteiger partial charge in [-0.1, -0.05) is 63.9 Å². The minimum atomic E-state index is -0.728. The van der Waals surface area contributed by atoms with Crippen molar-refractivity contribution < 1.29 is 14.4 Å². The van der Waals surface area contributed by atoms with Crippen LogP contribution in [0.2, 0.25) is 0 Å². The Kier molecular flexibility index (Phi) is 9.19. The second-order valence-electron chi connectivity index (χ2n) is 6.60. The molecule has 144 valence electrons. The first-order valence-electron chi connectivity index (χ1n) is 8.86. The molecule has 26 heavy (non-hydrogen) atoms. The summed E-state index contributed by atoms with van der Waals surface area (Å²) in [7, 11) is 1.53. The Hall–Kier alpha value is -2.02. The van der Waals surface area contributed by atoms with Gasteiger partial charge >= 0.3 is 0 Å². The van der Waals surface area contributed by atoms with E-state index in [2.05, 4.69) is 23.4 Å². The monoisotopic (exact) mass is 379 g/mol. The summed E-state index contributed by atoms with van der Waals surface area (Å²) < 4.78 is 1.18. The molecule has 0 bridgehead atoms. The molecule has 0 aliphatic rings. The van der Waals surface area contributed by atoms with Crippen LogP contribution in [-0.2, 0) is 20.8 Å². The van der Waals surface area contributed by atoms with Gasteiger partial charge in [0.15, 0.2) is 0 Å². The van der Waals surface area contributed by atoms with E-state index in [0.29, 0.717) is 12.8 Å². The fourth-order valence-corrected chi connectivity index (χ4v) is 2.94. The van der Waals surface area contributed by atoms with Crippen molar-refractivity contribution in [3.8, 4) is 0 Å². The van der Waals surface area contributed by atoms with Crippen molar-refractivity contribution in [3.63, 3.8) is 0 Å². The Morgan fingerprint density at radius 3 is 2.23 bits per heavy atom. The maximum absolute atomic E-state index is 12.8. The summed E-state index contributed by atoms with van der Waals surface area (Å²) in [4.78, 5) is 37.1. The second-order valence-corrected chi connectivity index (χ2v) is 7.03. The van der Waals surface area contributed by atoms with Gasteiger partial charge in [-0.2, -0.15) is 0 Å². The summed E-state index contributed by atoms with van der Waals surface area (Å²) in [5.41, 5.74) is 0.939. The molecule has 0 saturated heterocycles. The molecule has 0 aliphatic carbocycles. The number of benzene rings is 1. The van der Waals surface area contributed by atoms with Crippen LogP contribution in [0.4, 0.5) is 0 Å². The molecule has 1 aromatic rings. The topological polar surface area (TPSA) is 78.5 Å². The van der Waals surface area contributed by atoms with Crippen LogP contribution in [0.3, 0.4) is 0 Å². The minimum Gasteiger partial charge on any atom is -0.357 e. The van der Waals surface area contributed by atoms with E-state index in [0.717, 1.165) is 5.56 Å². The lowest BCUT2D eigenvalue weighted by Crippen LogP contribution is -2.53. The number of nitrogens with zero attached hydrogens (tertiary/aromatic N) is 1. The van der Waals surface area contributed by atoms with Gasteiger partial charge in [-0.3, -0.25) is 18.7 Å². The Labute approximate surface area is 161 Å². The van der Waals surface area contributed by atoms with Crippen LogP contribution < -0.4 is 10.6 Å². The lowest BCUT2D eigenvalue weighted by Gasteiger charge is -2.29. The van der Waals surface area contributed by atoms with Crippen LogP contribution in [0.15, 0.2) is 30.3 Å². The predicted molar refractivity (Wildman–Crippen MR) is 106 cm³/mol. The molecule has 2 N–H and O–H groups in total. The van der Waals surface area contributed by atoms with Gasteiger partial charge in [-0.05, 0) is 17.9 Å². The summed E-state index contributed by atoms with van der Waals surface area (Å²) in [6.45, 7) is 5.66. The van der Waals surface area contributed by atoms with Crippen molar-refractivity contribution in [1.82, 2.24) is 14.9 Å². The van der Waals surface area contributed by atoms with Crippen molar-refractivity contribution in [2.24, 2.45) is 5.92 Å². The Balaban J connectivity index is 2.95. The van der Waals surface area contributed by atoms with Crippen molar-refractivity contribution in [2.75, 3.05) is 7.05 Å². The van der Waals surface area contributed by atoms with Gasteiger partial charge < -0.3 is 10.6 Å². The number of hydrogen-bond acceptors (Lipinski definition) is 4. The van der Waals surface area contributed by atoms with Crippen molar-refractivity contribution in [2.45, 2.75) is 52.1 Å². The van der Waals surface area contributed by atoms with Gasteiger partial charge in [-0.25, -0.2) is 0 Å². The Morgan fingerprint density at radius 1 is 1.12 bits per heavy atom. The van der Waals surface area contributed by atoms with Gasteiger partial charge in [-0.15, -0.1) is 0 Å². The number of carbonyl (C=O) groups excluding carboxylic acids is 3. The van der Waals surface area contributed by atoms with Crippen molar-refractivity contribution in [1.29, 1.82) is 0 Å². The zero-order valence-corrected chi connectivity index (χ0v) is 16.8. The first-order chi connectivity index (χ1) is 12.3. The largest absolute Gasteiger partial charge is 0.357 e. The average molecular weight is 380 g/mol. The molecular weight excluding hydrogens is 350 g/mol. The van der Waals surface area contributed by atoms with Crippen LogP contribution in [0.5, 0.6) is 0 Å². The number of likely N-dealkylation sites (N-methyl/N-ethyl adjacent to an activating group) is 1. The third-order valence-electron chi connectivity index (χ3n) is 4.01. The summed E-state index contributed by atoms with van der Waals surface area (Å²) in [6, 6.07) is 8.02. The minimum absolute atomic E-state index is 0.192. The average Bonchev–Trinajstić information content (AvgIpc) is 2.64. The van der Waals surface area contributed by atoms with Gasteiger partial charge in [0.25, 0.3) is 0 Å². The quantitative estimate of drug-likeness (QED) is 0.574. The first kappa shape index (κ1) is 22.0. The number of amides is 3. The lowest BCUT2D eigenvalue weighted by molar-refractivity contribution is -0.136. The summed E-state index contributed by atoms with van der Waals surface area (Å²) in [5.74, 6) is -0.690. The van der Waals surface area contributed by atoms with Crippen LogP contribution in [0.1, 0.15) is 39.2 Å². The van der Waals surface area contributed by atoms with Crippen LogP contribution >= 0.6 is 12.8 Å². The molecule has 0 radical (unpaired) electrons. The standard InChI is InChI=1S/C19H29N3O3S/c1-5-17(23)22(26)16(11-13(2)3)19(25)21-15(18(24)20-4)12-14-9-7-6-8-10-14/h6-10,13,15-16,26H,5,11-12H2,1-4H3,(H,20,24)(H,21,25)/t15?,16-/m0/s1. The summed E-state index contributed by atoms with van der Waals surface area (Å²) in [5, 5.41) is 5.37. The van der Waals surface area contributed by atoms with Crippen LogP contribution in [0, 0.1) is 5.92 Å². The molecule has 0 fully saturated rings. The maximum atomic E-state index is 12.8. The van der Waals surface area contributed by atoms with Crippen molar-refractivity contribution >= 4 is 30.5 Å². The molecule has 6 nitrogen and oxygen atoms in total. The fraction of sp³-hybridized carbons (Fsp3) is 0.526. The van der Waals surface area contributed by atoms with Gasteiger partial charge in [0, 0.05) is 19.9 Å². The molecule has 1 aromatic carbocycles. The highest BCUT2D eigenvalue weighted by Gasteiger charge is 2.31. The fourth-order valence-electron chi connectivity index (χ4n) is 2.60. The molecule has 3 amide bonds. The SMILES string of the molecule is CCC(=O)N(S)[C@@H](CC(C)C)C(=O)NC(Cc1ccccc1)C(=O)NC. The Morgan fingerprint density at radius 2 is 1.73 bits per heavy atom. The molecule has 0 saturated carbocycles. The van der Waals surface area contributed by atoms with E-state index in [1.54, 1.807) is 6.92 Å². The maximum Gasteiger partial charge on any atom is 0.244 e. The Bertz CT molecular complexity index is 607. The summed E-state index contributed by atoms with van der Waals surface area (Å²) >= 11 is 4.23. The van der Waals surface area contributed by atoms with Gasteiger partial charge in [0.05, 0.1) is 0 Å². The van der Waals surface area contributed by atoms with Crippen molar-refractivity contribution in [3.05, 3.63) is 35.9 Å². The number of carbonyl (C=O) groups is 3. The molecule has 2 atom stereocenters. The zero-order valence-electron chi connectivity index (χ0n) is 15.9. The normalized spacial score (nSPS) is 13.0. The number of rotatable bonds is 9. The third-order valence-corrected chi connectivity index (χ3v) is 4.51. The molecule has 0 spiro atoms. The zero-order chi connectivity index (χ0) is 19.7. The van der Waals surface area contributed by atoms with E-state index in [-0.39, 0.29) is 30.1 Å². The lowest BCUT2D eigenvalue weighted by atomic mass is 10.0. The number of hydrogen-bond donors (Lipinski definition) is 3. The molecule has 0 aliphatic heterocycles. The molecule has 7 heteroatoms. The molecule has 0 aromatic heterocycles. The third kappa shape index (κ3) is 6.71. The van der Waals surface area contributed by atoms with E-state index < -0.39 is 12.1 Å². The van der Waals surface area contributed by atoms with Crippen LogP contribution in [0.25, 0.3) is 0 Å². The first-order valence-corrected chi connectivity index (χ1v) is 9.26. The number of thiol groups is 1. The summed E-state index contributed by atoms with van der Waals surface area (Å²) in [6.07, 6.45) is 1.09. The smallest absolute Gasteiger partial charge is 0.244 e. The molecular formula is C19H29N3O3S. The van der Waals surface area contributed by atoms with E-state index >= 15 is 0 Å². The second kappa shape index (κ2) is 10.9. The van der Waals surface area contributed by atoms with Gasteiger partial charge in [0.1, 0.15) is 12.1 Å². The van der Waals surface area contributed by atoms with E-state index in [1.165, 1.54) is 11.4 Å². The predicted octanol–water partition coefficient (Wildman–Crippen LogP) is 1.96. The molecule has 1 rings (SSSR count).